The summed E-state index contributed by atoms with van der Waals surface area (Å²) in [6, 6.07) is 3.56. The van der Waals surface area contributed by atoms with E-state index in [-0.39, 0.29) is 0 Å². The Morgan fingerprint density at radius 3 is 3.00 bits per heavy atom. The number of likely N-dealkylation sites (tertiary alicyclic amines) is 1. The number of ether oxygens (including phenoxy) is 1. The highest BCUT2D eigenvalue weighted by Crippen LogP contribution is 2.33. The Hall–Kier alpha value is -1.29. The van der Waals surface area contributed by atoms with E-state index in [0.29, 0.717) is 35.3 Å². The molecule has 4 nitrogen and oxygen atoms in total. The summed E-state index contributed by atoms with van der Waals surface area (Å²) in [5, 5.41) is 0.537. The van der Waals surface area contributed by atoms with Crippen molar-refractivity contribution in [1.29, 1.82) is 0 Å². The first-order valence-corrected chi connectivity index (χ1v) is 8.11. The monoisotopic (exact) mass is 308 g/mol. The summed E-state index contributed by atoms with van der Waals surface area (Å²) < 4.78 is 5.72. The Morgan fingerprint density at radius 1 is 1.38 bits per heavy atom. The van der Waals surface area contributed by atoms with E-state index in [2.05, 4.69) is 4.98 Å². The maximum atomic E-state index is 12.2. The molecule has 1 aromatic rings. The average molecular weight is 309 g/mol. The van der Waals surface area contributed by atoms with Crippen molar-refractivity contribution in [2.24, 2.45) is 11.8 Å². The van der Waals surface area contributed by atoms with Crippen LogP contribution in [0.5, 0.6) is 5.88 Å². The number of halogens is 1. The van der Waals surface area contributed by atoms with Crippen LogP contribution in [0.2, 0.25) is 5.02 Å². The lowest BCUT2D eigenvalue weighted by Crippen LogP contribution is -2.41. The fourth-order valence-electron chi connectivity index (χ4n) is 2.80. The van der Waals surface area contributed by atoms with E-state index in [4.69, 9.17) is 16.3 Å². The Kier molecular flexibility index (Phi) is 4.63. The molecule has 5 heteroatoms. The van der Waals surface area contributed by atoms with Gasteiger partial charge in [-0.1, -0.05) is 11.6 Å². The highest BCUT2D eigenvalue weighted by atomic mass is 35.5. The number of hydrogen-bond acceptors (Lipinski definition) is 3. The summed E-state index contributed by atoms with van der Waals surface area (Å²) in [5.41, 5.74) is 0. The Labute approximate surface area is 130 Å². The van der Waals surface area contributed by atoms with E-state index in [1.807, 2.05) is 4.90 Å². The van der Waals surface area contributed by atoms with Gasteiger partial charge in [-0.25, -0.2) is 4.98 Å². The summed E-state index contributed by atoms with van der Waals surface area (Å²) in [6.07, 6.45) is 7.01. The van der Waals surface area contributed by atoms with Gasteiger partial charge in [-0.05, 0) is 43.7 Å². The lowest BCUT2D eigenvalue weighted by Gasteiger charge is -2.32. The zero-order valence-corrected chi connectivity index (χ0v) is 12.9. The maximum Gasteiger partial charge on any atom is 0.232 e. The molecule has 1 amide bonds. The Bertz CT molecular complexity index is 505. The summed E-state index contributed by atoms with van der Waals surface area (Å²) in [5.74, 6) is 1.83. The third-order valence-electron chi connectivity index (χ3n) is 4.21. The van der Waals surface area contributed by atoms with Gasteiger partial charge in [0.1, 0.15) is 5.02 Å². The van der Waals surface area contributed by atoms with Crippen LogP contribution in [0.4, 0.5) is 0 Å². The average Bonchev–Trinajstić information content (AvgIpc) is 3.31. The van der Waals surface area contributed by atoms with Crippen molar-refractivity contribution in [1.82, 2.24) is 9.88 Å². The van der Waals surface area contributed by atoms with Crippen LogP contribution in [0.3, 0.4) is 0 Å². The summed E-state index contributed by atoms with van der Waals surface area (Å²) >= 11 is 6.03. The molecule has 1 unspecified atom stereocenters. The molecule has 0 N–H and O–H groups in total. The predicted molar refractivity (Wildman–Crippen MR) is 81.4 cm³/mol. The minimum Gasteiger partial charge on any atom is -0.476 e. The molecule has 2 heterocycles. The number of amides is 1. The molecule has 3 rings (SSSR count). The van der Waals surface area contributed by atoms with Gasteiger partial charge in [0.2, 0.25) is 11.8 Å². The lowest BCUT2D eigenvalue weighted by atomic mass is 9.98. The Balaban J connectivity index is 1.49. The fourth-order valence-corrected chi connectivity index (χ4v) is 2.98. The van der Waals surface area contributed by atoms with E-state index >= 15 is 0 Å². The number of aromatic nitrogens is 1. The number of carbonyl (C=O) groups excluding carboxylic acids is 1. The van der Waals surface area contributed by atoms with E-state index in [1.165, 1.54) is 12.8 Å². The van der Waals surface area contributed by atoms with E-state index in [1.54, 1.807) is 18.3 Å². The Morgan fingerprint density at radius 2 is 2.24 bits per heavy atom. The highest BCUT2D eigenvalue weighted by Gasteiger charge is 2.29. The SMILES string of the molecule is O=C(CC1CC1)N1CCCC(COc2ncccc2Cl)C1. The van der Waals surface area contributed by atoms with Crippen LogP contribution in [-0.4, -0.2) is 35.5 Å². The minimum atomic E-state index is 0.318. The van der Waals surface area contributed by atoms with Crippen molar-refractivity contribution in [3.05, 3.63) is 23.4 Å². The molecule has 0 spiro atoms. The largest absolute Gasteiger partial charge is 0.476 e. The van der Waals surface area contributed by atoms with Gasteiger partial charge < -0.3 is 9.64 Å². The normalized spacial score (nSPS) is 22.1. The molecule has 1 aliphatic heterocycles. The first kappa shape index (κ1) is 14.6. The molecule has 1 saturated carbocycles. The molecule has 114 valence electrons. The van der Waals surface area contributed by atoms with Crippen molar-refractivity contribution in [2.45, 2.75) is 32.1 Å². The second-order valence-electron chi connectivity index (χ2n) is 6.10. The predicted octanol–water partition coefficient (Wildman–Crippen LogP) is 3.15. The molecular weight excluding hydrogens is 288 g/mol. The molecule has 1 aliphatic carbocycles. The van der Waals surface area contributed by atoms with Crippen LogP contribution in [-0.2, 0) is 4.79 Å². The first-order chi connectivity index (χ1) is 10.2. The summed E-state index contributed by atoms with van der Waals surface area (Å²) in [7, 11) is 0. The second kappa shape index (κ2) is 6.65. The topological polar surface area (TPSA) is 42.4 Å². The van der Waals surface area contributed by atoms with Gasteiger partial charge in [0.15, 0.2) is 0 Å². The zero-order valence-electron chi connectivity index (χ0n) is 12.1. The van der Waals surface area contributed by atoms with Crippen LogP contribution in [0.15, 0.2) is 18.3 Å². The number of rotatable bonds is 5. The van der Waals surface area contributed by atoms with Gasteiger partial charge in [0.05, 0.1) is 6.61 Å². The number of carbonyl (C=O) groups is 1. The smallest absolute Gasteiger partial charge is 0.232 e. The van der Waals surface area contributed by atoms with Gasteiger partial charge in [-0.3, -0.25) is 4.79 Å². The molecule has 1 saturated heterocycles. The number of hydrogen-bond donors (Lipinski definition) is 0. The van der Waals surface area contributed by atoms with E-state index in [9.17, 15) is 4.79 Å². The van der Waals surface area contributed by atoms with Crippen molar-refractivity contribution in [3.8, 4) is 5.88 Å². The van der Waals surface area contributed by atoms with E-state index < -0.39 is 0 Å². The van der Waals surface area contributed by atoms with Gasteiger partial charge in [-0.2, -0.15) is 0 Å². The van der Waals surface area contributed by atoms with Crippen LogP contribution in [0.25, 0.3) is 0 Å². The summed E-state index contributed by atoms with van der Waals surface area (Å²) in [6.45, 7) is 2.27. The molecular formula is C16H21ClN2O2. The number of nitrogens with zero attached hydrogens (tertiary/aromatic N) is 2. The summed E-state index contributed by atoms with van der Waals surface area (Å²) in [4.78, 5) is 18.3. The van der Waals surface area contributed by atoms with E-state index in [0.717, 1.165) is 32.4 Å². The molecule has 21 heavy (non-hydrogen) atoms. The van der Waals surface area contributed by atoms with Gasteiger partial charge in [-0.15, -0.1) is 0 Å². The van der Waals surface area contributed by atoms with Crippen molar-refractivity contribution in [3.63, 3.8) is 0 Å². The van der Waals surface area contributed by atoms with Gasteiger partial charge in [0.25, 0.3) is 0 Å². The molecule has 0 radical (unpaired) electrons. The van der Waals surface area contributed by atoms with Gasteiger partial charge >= 0.3 is 0 Å². The van der Waals surface area contributed by atoms with Crippen LogP contribution >= 0.6 is 11.6 Å². The van der Waals surface area contributed by atoms with Crippen LogP contribution in [0.1, 0.15) is 32.1 Å². The number of pyridine rings is 1. The van der Waals surface area contributed by atoms with Crippen molar-refractivity contribution in [2.75, 3.05) is 19.7 Å². The van der Waals surface area contributed by atoms with Crippen molar-refractivity contribution >= 4 is 17.5 Å². The fraction of sp³-hybridized carbons (Fsp3) is 0.625. The molecule has 1 aromatic heterocycles. The first-order valence-electron chi connectivity index (χ1n) is 7.73. The number of piperidine rings is 1. The third-order valence-corrected chi connectivity index (χ3v) is 4.50. The lowest BCUT2D eigenvalue weighted by molar-refractivity contribution is -0.133. The van der Waals surface area contributed by atoms with Crippen LogP contribution in [0, 0.1) is 11.8 Å². The maximum absolute atomic E-state index is 12.2. The highest BCUT2D eigenvalue weighted by molar-refractivity contribution is 6.31. The third kappa shape index (κ3) is 4.10. The molecule has 0 bridgehead atoms. The molecule has 1 atom stereocenters. The van der Waals surface area contributed by atoms with Gasteiger partial charge in [0, 0.05) is 31.6 Å². The minimum absolute atomic E-state index is 0.318. The quantitative estimate of drug-likeness (QED) is 0.839. The molecule has 0 aromatic carbocycles. The standard InChI is InChI=1S/C16H21ClN2O2/c17-14-4-1-7-18-16(14)21-11-13-3-2-8-19(10-13)15(20)9-12-5-6-12/h1,4,7,12-13H,2-3,5-6,8-11H2. The zero-order chi connectivity index (χ0) is 14.7. The second-order valence-corrected chi connectivity index (χ2v) is 6.50. The van der Waals surface area contributed by atoms with Crippen LogP contribution < -0.4 is 4.74 Å². The molecule has 2 fully saturated rings. The molecule has 2 aliphatic rings. The van der Waals surface area contributed by atoms with Crippen molar-refractivity contribution < 1.29 is 9.53 Å².